The van der Waals surface area contributed by atoms with E-state index >= 15 is 0 Å². The zero-order valence-electron chi connectivity index (χ0n) is 11.2. The number of fused-ring (bicyclic) bond motifs is 2. The summed E-state index contributed by atoms with van der Waals surface area (Å²) in [7, 11) is 0. The normalized spacial score (nSPS) is 34.3. The van der Waals surface area contributed by atoms with E-state index in [1.165, 1.54) is 0 Å². The van der Waals surface area contributed by atoms with E-state index in [0.717, 1.165) is 5.56 Å². The fourth-order valence-corrected chi connectivity index (χ4v) is 3.49. The molecule has 108 valence electrons. The third kappa shape index (κ3) is 1.60. The second kappa shape index (κ2) is 4.03. The van der Waals surface area contributed by atoms with Crippen molar-refractivity contribution in [2.24, 2.45) is 5.92 Å². The number of carbonyl (C=O) groups is 3. The Morgan fingerprint density at radius 2 is 1.90 bits per heavy atom. The minimum Gasteiger partial charge on any atom is -0.329 e. The Bertz CT molecular complexity index is 639. The number of hydrogen-bond donors (Lipinski definition) is 2. The van der Waals surface area contributed by atoms with E-state index in [9.17, 15) is 14.4 Å². The lowest BCUT2D eigenvalue weighted by Crippen LogP contribution is -2.73. The molecule has 0 spiro atoms. The van der Waals surface area contributed by atoms with Gasteiger partial charge in [-0.05, 0) is 30.5 Å². The fraction of sp³-hybridized carbons (Fsp3) is 0.429. The van der Waals surface area contributed by atoms with Crippen LogP contribution in [0.4, 0.5) is 4.79 Å². The van der Waals surface area contributed by atoms with Crippen molar-refractivity contribution in [1.29, 1.82) is 0 Å². The van der Waals surface area contributed by atoms with E-state index < -0.39 is 5.54 Å². The molecule has 4 aliphatic rings. The summed E-state index contributed by atoms with van der Waals surface area (Å²) in [4.78, 5) is 41.5. The molecule has 4 fully saturated rings. The van der Waals surface area contributed by atoms with Crippen molar-refractivity contribution in [2.45, 2.75) is 24.4 Å². The summed E-state index contributed by atoms with van der Waals surface area (Å²) in [6.45, 7) is 0.428. The lowest BCUT2D eigenvalue weighted by Gasteiger charge is -2.53. The Morgan fingerprint density at radius 1 is 1.19 bits per heavy atom. The van der Waals surface area contributed by atoms with E-state index in [-0.39, 0.29) is 29.8 Å². The first-order chi connectivity index (χ1) is 10.1. The van der Waals surface area contributed by atoms with Gasteiger partial charge in [0.25, 0.3) is 5.91 Å². The van der Waals surface area contributed by atoms with Gasteiger partial charge in [-0.2, -0.15) is 0 Å². The van der Waals surface area contributed by atoms with Crippen LogP contribution in [-0.2, 0) is 9.59 Å². The third-order valence-corrected chi connectivity index (χ3v) is 4.73. The highest BCUT2D eigenvalue weighted by atomic mass is 16.2. The molecule has 1 atom stereocenters. The molecule has 1 saturated carbocycles. The lowest BCUT2D eigenvalue weighted by atomic mass is 9.63. The molecule has 2 bridgehead atoms. The molecule has 0 aromatic carbocycles. The van der Waals surface area contributed by atoms with Gasteiger partial charge in [0.05, 0.1) is 6.04 Å². The molecule has 21 heavy (non-hydrogen) atoms. The SMILES string of the molecule is O=C1NC(=O)C2(N3CC(c4ccncc4)NC3=O)CC1C2. The maximum atomic E-state index is 12.2. The number of rotatable bonds is 2. The minimum atomic E-state index is -0.843. The van der Waals surface area contributed by atoms with Crippen molar-refractivity contribution in [2.75, 3.05) is 6.54 Å². The molecule has 0 radical (unpaired) electrons. The van der Waals surface area contributed by atoms with E-state index in [1.807, 2.05) is 12.1 Å². The maximum absolute atomic E-state index is 12.2. The monoisotopic (exact) mass is 286 g/mol. The van der Waals surface area contributed by atoms with Gasteiger partial charge >= 0.3 is 6.03 Å². The van der Waals surface area contributed by atoms with Crippen molar-refractivity contribution in [1.82, 2.24) is 20.5 Å². The topological polar surface area (TPSA) is 91.4 Å². The first-order valence-electron chi connectivity index (χ1n) is 6.93. The van der Waals surface area contributed by atoms with E-state index in [4.69, 9.17) is 0 Å². The van der Waals surface area contributed by atoms with Crippen LogP contribution in [0.1, 0.15) is 24.4 Å². The second-order valence-electron chi connectivity index (χ2n) is 5.85. The predicted molar refractivity (Wildman–Crippen MR) is 70.8 cm³/mol. The van der Waals surface area contributed by atoms with Crippen molar-refractivity contribution >= 4 is 17.8 Å². The number of amides is 4. The van der Waals surface area contributed by atoms with Crippen molar-refractivity contribution in [3.63, 3.8) is 0 Å². The average Bonchev–Trinajstić information content (AvgIpc) is 2.81. The quantitative estimate of drug-likeness (QED) is 0.746. The first kappa shape index (κ1) is 12.3. The van der Waals surface area contributed by atoms with Gasteiger partial charge in [-0.3, -0.25) is 19.9 Å². The molecule has 1 aliphatic carbocycles. The summed E-state index contributed by atoms with van der Waals surface area (Å²) in [6, 6.07) is 3.29. The molecule has 2 N–H and O–H groups in total. The molecule has 4 amide bonds. The largest absolute Gasteiger partial charge is 0.329 e. The number of nitrogens with zero attached hydrogens (tertiary/aromatic N) is 2. The van der Waals surface area contributed by atoms with Crippen LogP contribution >= 0.6 is 0 Å². The van der Waals surface area contributed by atoms with Gasteiger partial charge < -0.3 is 10.2 Å². The number of imide groups is 1. The molecule has 1 unspecified atom stereocenters. The van der Waals surface area contributed by atoms with Gasteiger partial charge in [-0.25, -0.2) is 4.79 Å². The van der Waals surface area contributed by atoms with Crippen molar-refractivity contribution in [3.05, 3.63) is 30.1 Å². The van der Waals surface area contributed by atoms with Crippen LogP contribution in [0, 0.1) is 5.92 Å². The standard InChI is InChI=1S/C14H14N4O3/c19-11-9-5-14(6-9,12(20)17-11)18-7-10(16-13(18)21)8-1-3-15-4-2-8/h1-4,9-10H,5-7H2,(H,16,21)(H,17,19,20). The summed E-state index contributed by atoms with van der Waals surface area (Å²) < 4.78 is 0. The van der Waals surface area contributed by atoms with E-state index in [0.29, 0.717) is 19.4 Å². The number of aromatic nitrogens is 1. The summed E-state index contributed by atoms with van der Waals surface area (Å²) in [5.41, 5.74) is 0.116. The maximum Gasteiger partial charge on any atom is 0.318 e. The summed E-state index contributed by atoms with van der Waals surface area (Å²) in [5.74, 6) is -0.705. The Balaban J connectivity index is 1.59. The van der Waals surface area contributed by atoms with Crippen molar-refractivity contribution in [3.8, 4) is 0 Å². The smallest absolute Gasteiger partial charge is 0.318 e. The highest BCUT2D eigenvalue weighted by Crippen LogP contribution is 2.47. The van der Waals surface area contributed by atoms with Gasteiger partial charge in [-0.15, -0.1) is 0 Å². The average molecular weight is 286 g/mol. The second-order valence-corrected chi connectivity index (χ2v) is 5.85. The van der Waals surface area contributed by atoms with Gasteiger partial charge in [-0.1, -0.05) is 0 Å². The molecule has 1 aromatic rings. The molecule has 1 aromatic heterocycles. The van der Waals surface area contributed by atoms with Crippen LogP contribution in [0.3, 0.4) is 0 Å². The molecular weight excluding hydrogens is 272 g/mol. The zero-order chi connectivity index (χ0) is 14.6. The van der Waals surface area contributed by atoms with Crippen LogP contribution < -0.4 is 10.6 Å². The van der Waals surface area contributed by atoms with Crippen molar-refractivity contribution < 1.29 is 14.4 Å². The molecule has 5 rings (SSSR count). The number of hydrogen-bond acceptors (Lipinski definition) is 4. The Morgan fingerprint density at radius 3 is 2.57 bits per heavy atom. The zero-order valence-corrected chi connectivity index (χ0v) is 11.2. The van der Waals surface area contributed by atoms with Gasteiger partial charge in [0.1, 0.15) is 5.54 Å². The lowest BCUT2D eigenvalue weighted by molar-refractivity contribution is -0.159. The Hall–Kier alpha value is -2.44. The number of piperidine rings is 2. The van der Waals surface area contributed by atoms with Crippen LogP contribution in [0.2, 0.25) is 0 Å². The van der Waals surface area contributed by atoms with Gasteiger partial charge in [0, 0.05) is 24.9 Å². The number of nitrogens with one attached hydrogen (secondary N) is 2. The summed E-state index contributed by atoms with van der Waals surface area (Å²) in [5, 5.41) is 5.26. The van der Waals surface area contributed by atoms with Gasteiger partial charge in [0.2, 0.25) is 5.91 Å². The number of urea groups is 1. The predicted octanol–water partition coefficient (Wildman–Crippen LogP) is -0.0469. The molecule has 7 heteroatoms. The van der Waals surface area contributed by atoms with Gasteiger partial charge in [0.15, 0.2) is 0 Å². The minimum absolute atomic E-state index is 0.143. The fourth-order valence-electron chi connectivity index (χ4n) is 3.49. The molecule has 7 nitrogen and oxygen atoms in total. The molecule has 3 saturated heterocycles. The van der Waals surface area contributed by atoms with E-state index in [1.54, 1.807) is 17.3 Å². The molecular formula is C14H14N4O3. The number of carbonyl (C=O) groups excluding carboxylic acids is 3. The summed E-state index contributed by atoms with van der Waals surface area (Å²) >= 11 is 0. The number of pyridine rings is 1. The van der Waals surface area contributed by atoms with Crippen LogP contribution in [-0.4, -0.2) is 39.8 Å². The Labute approximate surface area is 120 Å². The highest BCUT2D eigenvalue weighted by Gasteiger charge is 2.63. The molecule has 4 heterocycles. The molecule has 3 aliphatic heterocycles. The first-order valence-corrected chi connectivity index (χ1v) is 6.93. The summed E-state index contributed by atoms with van der Waals surface area (Å²) in [6.07, 6.45) is 4.23. The van der Waals surface area contributed by atoms with Crippen LogP contribution in [0.25, 0.3) is 0 Å². The van der Waals surface area contributed by atoms with E-state index in [2.05, 4.69) is 15.6 Å². The Kier molecular flexibility index (Phi) is 2.36. The third-order valence-electron chi connectivity index (χ3n) is 4.73. The van der Waals surface area contributed by atoms with Crippen LogP contribution in [0.5, 0.6) is 0 Å². The highest BCUT2D eigenvalue weighted by molar-refractivity contribution is 6.08. The van der Waals surface area contributed by atoms with Crippen LogP contribution in [0.15, 0.2) is 24.5 Å².